The molecular formula is C52H80O6. The quantitative estimate of drug-likeness (QED) is 0.0268. The fraction of sp³-hybridized carbons (Fsp3) is 0.558. The number of ether oxygens (including phenoxy) is 3. The van der Waals surface area contributed by atoms with Crippen molar-refractivity contribution in [3.05, 3.63) is 122 Å². The zero-order valence-corrected chi connectivity index (χ0v) is 36.8. The van der Waals surface area contributed by atoms with E-state index in [1.54, 1.807) is 6.08 Å². The fourth-order valence-electron chi connectivity index (χ4n) is 5.39. The first kappa shape index (κ1) is 53.8. The van der Waals surface area contributed by atoms with Crippen LogP contribution < -0.4 is 0 Å². The average molecular weight is 801 g/mol. The van der Waals surface area contributed by atoms with Gasteiger partial charge in [-0.05, 0) is 103 Å². The van der Waals surface area contributed by atoms with E-state index >= 15 is 0 Å². The summed E-state index contributed by atoms with van der Waals surface area (Å²) in [4.78, 5) is 37.6. The van der Waals surface area contributed by atoms with Gasteiger partial charge in [0.2, 0.25) is 0 Å². The Morgan fingerprint density at radius 3 is 1.24 bits per heavy atom. The fourth-order valence-corrected chi connectivity index (χ4v) is 5.39. The zero-order valence-electron chi connectivity index (χ0n) is 36.8. The minimum absolute atomic E-state index is 0.115. The Balaban J connectivity index is 4.58. The molecule has 1 atom stereocenters. The smallest absolute Gasteiger partial charge is 0.309 e. The highest BCUT2D eigenvalue weighted by Crippen LogP contribution is 2.10. The minimum Gasteiger partial charge on any atom is -0.462 e. The Morgan fingerprint density at radius 1 is 0.379 bits per heavy atom. The maximum absolute atomic E-state index is 12.7. The van der Waals surface area contributed by atoms with Gasteiger partial charge in [-0.3, -0.25) is 14.4 Å². The number of rotatable bonds is 38. The molecular weight excluding hydrogens is 721 g/mol. The van der Waals surface area contributed by atoms with Crippen LogP contribution in [0.15, 0.2) is 122 Å². The van der Waals surface area contributed by atoms with Crippen molar-refractivity contribution < 1.29 is 28.6 Å². The Labute approximate surface area is 354 Å². The highest BCUT2D eigenvalue weighted by molar-refractivity contribution is 5.72. The molecule has 0 rings (SSSR count). The summed E-state index contributed by atoms with van der Waals surface area (Å²) in [6.07, 6.45) is 62.2. The van der Waals surface area contributed by atoms with Crippen molar-refractivity contribution in [3.8, 4) is 0 Å². The summed E-state index contributed by atoms with van der Waals surface area (Å²) in [6.45, 7) is 6.17. The lowest BCUT2D eigenvalue weighted by atomic mass is 10.1. The van der Waals surface area contributed by atoms with Crippen molar-refractivity contribution in [2.45, 2.75) is 175 Å². The summed E-state index contributed by atoms with van der Waals surface area (Å²) in [5.41, 5.74) is 0. The number of carbonyl (C=O) groups is 3. The van der Waals surface area contributed by atoms with Crippen molar-refractivity contribution in [1.82, 2.24) is 0 Å². The van der Waals surface area contributed by atoms with Gasteiger partial charge in [0.25, 0.3) is 0 Å². The van der Waals surface area contributed by atoms with Gasteiger partial charge in [0.15, 0.2) is 6.10 Å². The van der Waals surface area contributed by atoms with Crippen LogP contribution in [0.2, 0.25) is 0 Å². The van der Waals surface area contributed by atoms with Gasteiger partial charge >= 0.3 is 17.9 Å². The Morgan fingerprint density at radius 2 is 0.759 bits per heavy atom. The highest BCUT2D eigenvalue weighted by atomic mass is 16.6. The minimum atomic E-state index is -0.848. The van der Waals surface area contributed by atoms with Gasteiger partial charge < -0.3 is 14.2 Å². The molecule has 0 aromatic rings. The van der Waals surface area contributed by atoms with Crippen molar-refractivity contribution in [3.63, 3.8) is 0 Å². The maximum Gasteiger partial charge on any atom is 0.309 e. The summed E-state index contributed by atoms with van der Waals surface area (Å²) in [6, 6.07) is 0. The monoisotopic (exact) mass is 801 g/mol. The van der Waals surface area contributed by atoms with Gasteiger partial charge in [0.05, 0.1) is 6.42 Å². The van der Waals surface area contributed by atoms with Crippen molar-refractivity contribution in [2.24, 2.45) is 0 Å². The van der Waals surface area contributed by atoms with E-state index in [0.29, 0.717) is 12.8 Å². The van der Waals surface area contributed by atoms with Crippen LogP contribution in [0.25, 0.3) is 0 Å². The van der Waals surface area contributed by atoms with Crippen LogP contribution in [0, 0.1) is 0 Å². The topological polar surface area (TPSA) is 78.9 Å². The number of carbonyl (C=O) groups excluding carboxylic acids is 3. The van der Waals surface area contributed by atoms with Crippen LogP contribution in [0.4, 0.5) is 0 Å². The van der Waals surface area contributed by atoms with Crippen LogP contribution in [-0.2, 0) is 28.6 Å². The molecule has 0 spiro atoms. The SMILES string of the molecule is CC/C=C\C/C=C\C/C=C\CCCCCCC(=O)OC(COC(=O)C/C=C\C/C=C\C/C=C\CC)COC(=O)CCC/C=C\C/C=C\C/C=C\C/C=C\CCCCC. The third-order valence-electron chi connectivity index (χ3n) is 8.71. The predicted molar refractivity (Wildman–Crippen MR) is 246 cm³/mol. The molecule has 0 aliphatic heterocycles. The highest BCUT2D eigenvalue weighted by Gasteiger charge is 2.19. The van der Waals surface area contributed by atoms with Gasteiger partial charge in [-0.25, -0.2) is 0 Å². The molecule has 0 aromatic carbocycles. The molecule has 0 fully saturated rings. The molecule has 0 aliphatic rings. The summed E-state index contributed by atoms with van der Waals surface area (Å²) in [7, 11) is 0. The molecule has 324 valence electrons. The Kier molecular flexibility index (Phi) is 42.2. The third-order valence-corrected chi connectivity index (χ3v) is 8.71. The second-order valence-corrected chi connectivity index (χ2v) is 14.2. The molecule has 0 aliphatic carbocycles. The molecule has 1 unspecified atom stereocenters. The molecule has 58 heavy (non-hydrogen) atoms. The summed E-state index contributed by atoms with van der Waals surface area (Å²) in [5, 5.41) is 0. The zero-order chi connectivity index (χ0) is 42.3. The van der Waals surface area contributed by atoms with Crippen molar-refractivity contribution in [2.75, 3.05) is 13.2 Å². The first-order valence-electron chi connectivity index (χ1n) is 22.5. The van der Waals surface area contributed by atoms with E-state index in [4.69, 9.17) is 14.2 Å². The number of hydrogen-bond donors (Lipinski definition) is 0. The molecule has 0 aromatic heterocycles. The largest absolute Gasteiger partial charge is 0.462 e. The van der Waals surface area contributed by atoms with E-state index < -0.39 is 12.1 Å². The number of unbranched alkanes of at least 4 members (excludes halogenated alkanes) is 8. The third kappa shape index (κ3) is 42.9. The van der Waals surface area contributed by atoms with Gasteiger partial charge in [0.1, 0.15) is 13.2 Å². The van der Waals surface area contributed by atoms with Crippen LogP contribution in [-0.4, -0.2) is 37.2 Å². The first-order chi connectivity index (χ1) is 28.5. The molecule has 0 N–H and O–H groups in total. The van der Waals surface area contributed by atoms with Crippen molar-refractivity contribution in [1.29, 1.82) is 0 Å². The first-order valence-corrected chi connectivity index (χ1v) is 22.5. The summed E-state index contributed by atoms with van der Waals surface area (Å²) >= 11 is 0. The van der Waals surface area contributed by atoms with Gasteiger partial charge in [-0.15, -0.1) is 0 Å². The van der Waals surface area contributed by atoms with Crippen LogP contribution >= 0.6 is 0 Å². The molecule has 0 saturated carbocycles. The van der Waals surface area contributed by atoms with Crippen LogP contribution in [0.1, 0.15) is 168 Å². The second-order valence-electron chi connectivity index (χ2n) is 14.2. The van der Waals surface area contributed by atoms with E-state index in [1.807, 2.05) is 6.08 Å². The Bertz CT molecular complexity index is 1290. The maximum atomic E-state index is 12.7. The van der Waals surface area contributed by atoms with E-state index in [2.05, 4.69) is 130 Å². The molecule has 0 radical (unpaired) electrons. The molecule has 0 amide bonds. The lowest BCUT2D eigenvalue weighted by molar-refractivity contribution is -0.166. The number of allylic oxidation sites excluding steroid dienone is 19. The lowest BCUT2D eigenvalue weighted by Gasteiger charge is -2.18. The molecule has 0 bridgehead atoms. The van der Waals surface area contributed by atoms with Crippen molar-refractivity contribution >= 4 is 17.9 Å². The van der Waals surface area contributed by atoms with E-state index in [-0.39, 0.29) is 44.4 Å². The predicted octanol–water partition coefficient (Wildman–Crippen LogP) is 14.6. The lowest BCUT2D eigenvalue weighted by Crippen LogP contribution is -2.30. The van der Waals surface area contributed by atoms with E-state index in [1.165, 1.54) is 25.7 Å². The van der Waals surface area contributed by atoms with Gasteiger partial charge in [0, 0.05) is 12.8 Å². The van der Waals surface area contributed by atoms with Crippen LogP contribution in [0.3, 0.4) is 0 Å². The summed E-state index contributed by atoms with van der Waals surface area (Å²) in [5.74, 6) is -1.16. The van der Waals surface area contributed by atoms with Gasteiger partial charge in [-0.1, -0.05) is 168 Å². The molecule has 0 heterocycles. The summed E-state index contributed by atoms with van der Waals surface area (Å²) < 4.78 is 16.5. The molecule has 6 heteroatoms. The van der Waals surface area contributed by atoms with Gasteiger partial charge in [-0.2, -0.15) is 0 Å². The normalized spacial score (nSPS) is 13.2. The number of hydrogen-bond acceptors (Lipinski definition) is 6. The number of esters is 3. The molecule has 6 nitrogen and oxygen atoms in total. The molecule has 0 saturated heterocycles. The average Bonchev–Trinajstić information content (AvgIpc) is 3.22. The Hall–Kier alpha value is -4.19. The standard InChI is InChI=1S/C52H80O6/c1-4-7-10-13-16-19-21-23-25-26-27-29-30-33-36-39-42-45-51(54)57-48-49(47-56-50(53)44-41-38-35-32-18-15-12-9-6-3)58-52(55)46-43-40-37-34-31-28-24-22-20-17-14-11-8-5-2/h8-9,11-12,16-20,23-25,27-29,32-33,36,38,41,49H,4-7,10,13-15,21-22,26,30-31,34-35,37,39-40,42-48H2,1-3H3/b11-8-,12-9-,19-16-,20-17-,25-23-,28-24-,29-27-,32-18-,36-33-,41-38-. The van der Waals surface area contributed by atoms with Crippen LogP contribution in [0.5, 0.6) is 0 Å². The van der Waals surface area contributed by atoms with E-state index in [0.717, 1.165) is 89.9 Å². The second kappa shape index (κ2) is 45.5. The van der Waals surface area contributed by atoms with E-state index in [9.17, 15) is 14.4 Å².